The number of anilines is 1. The molecule has 0 radical (unpaired) electrons. The molecule has 0 unspecified atom stereocenters. The maximum absolute atomic E-state index is 12.4. The maximum Gasteiger partial charge on any atom is 0.387 e. The smallest absolute Gasteiger partial charge is 0.387 e. The highest BCUT2D eigenvalue weighted by Crippen LogP contribution is 2.18. The molecule has 1 fully saturated rings. The largest absolute Gasteiger partial charge is 0.435 e. The van der Waals surface area contributed by atoms with Crippen molar-refractivity contribution in [2.75, 3.05) is 31.1 Å². The van der Waals surface area contributed by atoms with Gasteiger partial charge in [-0.3, -0.25) is 4.79 Å². The maximum atomic E-state index is 12.4. The average Bonchev–Trinajstić information content (AvgIpc) is 2.67. The van der Waals surface area contributed by atoms with Crippen LogP contribution in [0.4, 0.5) is 14.6 Å². The normalized spacial score (nSPS) is 14.5. The molecule has 1 aliphatic rings. The van der Waals surface area contributed by atoms with Crippen LogP contribution in [0.25, 0.3) is 0 Å². The predicted octanol–water partition coefficient (Wildman–Crippen LogP) is 3.73. The summed E-state index contributed by atoms with van der Waals surface area (Å²) in [6.07, 6.45) is 2.73. The molecule has 2 aromatic rings. The van der Waals surface area contributed by atoms with Crippen molar-refractivity contribution in [3.63, 3.8) is 0 Å². The van der Waals surface area contributed by atoms with Crippen LogP contribution >= 0.6 is 15.9 Å². The molecule has 1 aromatic heterocycles. The summed E-state index contributed by atoms with van der Waals surface area (Å²) in [6.45, 7) is -0.000975. The fraction of sp³-hybridized carbons (Fsp3) is 0.368. The number of amides is 1. The molecule has 1 aliphatic heterocycles. The van der Waals surface area contributed by atoms with E-state index in [2.05, 4.69) is 30.6 Å². The van der Waals surface area contributed by atoms with Gasteiger partial charge in [0.2, 0.25) is 5.91 Å². The molecule has 144 valence electrons. The highest BCUT2D eigenvalue weighted by molar-refractivity contribution is 9.10. The molecule has 0 spiro atoms. The van der Waals surface area contributed by atoms with E-state index >= 15 is 0 Å². The van der Waals surface area contributed by atoms with Crippen LogP contribution in [0, 0.1) is 0 Å². The molecule has 5 nitrogen and oxygen atoms in total. The second-order valence-corrected chi connectivity index (χ2v) is 7.14. The Bertz CT molecular complexity index is 749. The Morgan fingerprint density at radius 3 is 2.41 bits per heavy atom. The number of halogens is 3. The SMILES string of the molecule is O=C(CCc1ccc(OC(F)F)cc1)N1CCN(c2ccc(Br)cn2)CC1. The minimum atomic E-state index is -2.83. The third-order valence-corrected chi connectivity index (χ3v) is 4.91. The third kappa shape index (κ3) is 5.63. The average molecular weight is 440 g/mol. The van der Waals surface area contributed by atoms with Crippen molar-refractivity contribution < 1.29 is 18.3 Å². The topological polar surface area (TPSA) is 45.7 Å². The molecule has 8 heteroatoms. The van der Waals surface area contributed by atoms with Crippen LogP contribution in [-0.2, 0) is 11.2 Å². The molecular weight excluding hydrogens is 420 g/mol. The van der Waals surface area contributed by atoms with Gasteiger partial charge in [-0.25, -0.2) is 4.98 Å². The first-order valence-corrected chi connectivity index (χ1v) is 9.48. The van der Waals surface area contributed by atoms with Gasteiger partial charge in [0, 0.05) is 43.3 Å². The van der Waals surface area contributed by atoms with Crippen LogP contribution in [0.15, 0.2) is 47.1 Å². The van der Waals surface area contributed by atoms with Gasteiger partial charge in [-0.1, -0.05) is 12.1 Å². The molecule has 1 aromatic carbocycles. The Labute approximate surface area is 165 Å². The van der Waals surface area contributed by atoms with Crippen molar-refractivity contribution in [1.29, 1.82) is 0 Å². The summed E-state index contributed by atoms with van der Waals surface area (Å²) < 4.78 is 29.6. The van der Waals surface area contributed by atoms with Crippen LogP contribution in [0.2, 0.25) is 0 Å². The summed E-state index contributed by atoms with van der Waals surface area (Å²) in [5, 5.41) is 0. The number of hydrogen-bond acceptors (Lipinski definition) is 4. The Hall–Kier alpha value is -2.22. The molecule has 2 heterocycles. The lowest BCUT2D eigenvalue weighted by molar-refractivity contribution is -0.131. The van der Waals surface area contributed by atoms with Crippen molar-refractivity contribution in [2.45, 2.75) is 19.5 Å². The quantitative estimate of drug-likeness (QED) is 0.687. The summed E-state index contributed by atoms with van der Waals surface area (Å²) >= 11 is 3.37. The van der Waals surface area contributed by atoms with Gasteiger partial charge in [0.15, 0.2) is 0 Å². The molecule has 0 aliphatic carbocycles. The number of benzene rings is 1. The first-order valence-electron chi connectivity index (χ1n) is 8.69. The molecule has 3 rings (SSSR count). The van der Waals surface area contributed by atoms with E-state index in [0.717, 1.165) is 28.9 Å². The first-order chi connectivity index (χ1) is 13.0. The van der Waals surface area contributed by atoms with Crippen molar-refractivity contribution in [3.8, 4) is 5.75 Å². The molecule has 0 atom stereocenters. The van der Waals surface area contributed by atoms with E-state index in [9.17, 15) is 13.6 Å². The standard InChI is InChI=1S/C19H20BrF2N3O2/c20-15-4-7-17(23-13-15)24-9-11-25(12-10-24)18(26)8-3-14-1-5-16(6-2-14)27-19(21)22/h1-2,4-7,13,19H,3,8-12H2. The third-order valence-electron chi connectivity index (χ3n) is 4.44. The van der Waals surface area contributed by atoms with E-state index in [-0.39, 0.29) is 11.7 Å². The molecule has 1 amide bonds. The Morgan fingerprint density at radius 1 is 1.11 bits per heavy atom. The molecule has 0 saturated carbocycles. The minimum Gasteiger partial charge on any atom is -0.435 e. The summed E-state index contributed by atoms with van der Waals surface area (Å²) in [6, 6.07) is 10.3. The van der Waals surface area contributed by atoms with E-state index in [1.807, 2.05) is 17.0 Å². The van der Waals surface area contributed by atoms with Gasteiger partial charge in [0.25, 0.3) is 0 Å². The number of pyridine rings is 1. The zero-order chi connectivity index (χ0) is 19.2. The summed E-state index contributed by atoms with van der Waals surface area (Å²) in [5.74, 6) is 1.14. The van der Waals surface area contributed by atoms with Crippen molar-refractivity contribution in [2.24, 2.45) is 0 Å². The number of hydrogen-bond donors (Lipinski definition) is 0. The van der Waals surface area contributed by atoms with E-state index in [0.29, 0.717) is 25.9 Å². The van der Waals surface area contributed by atoms with Crippen molar-refractivity contribution in [1.82, 2.24) is 9.88 Å². The van der Waals surface area contributed by atoms with Gasteiger partial charge in [-0.15, -0.1) is 0 Å². The van der Waals surface area contributed by atoms with Crippen LogP contribution in [-0.4, -0.2) is 48.6 Å². The number of aromatic nitrogens is 1. The van der Waals surface area contributed by atoms with Gasteiger partial charge < -0.3 is 14.5 Å². The second-order valence-electron chi connectivity index (χ2n) is 6.22. The zero-order valence-electron chi connectivity index (χ0n) is 14.7. The summed E-state index contributed by atoms with van der Waals surface area (Å²) in [7, 11) is 0. The first kappa shape index (κ1) is 19.5. The van der Waals surface area contributed by atoms with E-state index < -0.39 is 6.61 Å². The highest BCUT2D eigenvalue weighted by atomic mass is 79.9. The summed E-state index contributed by atoms with van der Waals surface area (Å²) in [4.78, 5) is 20.9. The lowest BCUT2D eigenvalue weighted by Crippen LogP contribution is -2.49. The van der Waals surface area contributed by atoms with E-state index in [1.165, 1.54) is 12.1 Å². The predicted molar refractivity (Wildman–Crippen MR) is 102 cm³/mol. The number of piperazine rings is 1. The lowest BCUT2D eigenvalue weighted by atomic mass is 10.1. The van der Waals surface area contributed by atoms with Gasteiger partial charge in [0.1, 0.15) is 11.6 Å². The Balaban J connectivity index is 1.45. The second kappa shape index (κ2) is 9.12. The Kier molecular flexibility index (Phi) is 6.60. The monoisotopic (exact) mass is 439 g/mol. The molecule has 27 heavy (non-hydrogen) atoms. The van der Waals surface area contributed by atoms with E-state index in [4.69, 9.17) is 0 Å². The molecular formula is C19H20BrF2N3O2. The molecule has 1 saturated heterocycles. The fourth-order valence-electron chi connectivity index (χ4n) is 2.99. The van der Waals surface area contributed by atoms with Crippen LogP contribution < -0.4 is 9.64 Å². The Morgan fingerprint density at radius 2 is 1.81 bits per heavy atom. The lowest BCUT2D eigenvalue weighted by Gasteiger charge is -2.35. The van der Waals surface area contributed by atoms with Gasteiger partial charge in [0.05, 0.1) is 0 Å². The van der Waals surface area contributed by atoms with Crippen LogP contribution in [0.5, 0.6) is 5.75 Å². The molecule has 0 bridgehead atoms. The number of carbonyl (C=O) groups is 1. The highest BCUT2D eigenvalue weighted by Gasteiger charge is 2.21. The number of ether oxygens (including phenoxy) is 1. The number of nitrogens with zero attached hydrogens (tertiary/aromatic N) is 3. The van der Waals surface area contributed by atoms with Crippen LogP contribution in [0.3, 0.4) is 0 Å². The van der Waals surface area contributed by atoms with Crippen LogP contribution in [0.1, 0.15) is 12.0 Å². The summed E-state index contributed by atoms with van der Waals surface area (Å²) in [5.41, 5.74) is 0.919. The van der Waals surface area contributed by atoms with E-state index in [1.54, 1.807) is 18.3 Å². The number of rotatable bonds is 6. The zero-order valence-corrected chi connectivity index (χ0v) is 16.2. The van der Waals surface area contributed by atoms with Gasteiger partial charge >= 0.3 is 6.61 Å². The number of alkyl halides is 2. The van der Waals surface area contributed by atoms with Crippen molar-refractivity contribution >= 4 is 27.7 Å². The fourth-order valence-corrected chi connectivity index (χ4v) is 3.22. The molecule has 0 N–H and O–H groups in total. The van der Waals surface area contributed by atoms with Crippen molar-refractivity contribution in [3.05, 3.63) is 52.6 Å². The van der Waals surface area contributed by atoms with Gasteiger partial charge in [-0.2, -0.15) is 8.78 Å². The van der Waals surface area contributed by atoms with Gasteiger partial charge in [-0.05, 0) is 52.2 Å². The minimum absolute atomic E-state index is 0.103. The number of carbonyl (C=O) groups excluding carboxylic acids is 1. The number of aryl methyl sites for hydroxylation is 1.